The highest BCUT2D eigenvalue weighted by molar-refractivity contribution is 5.97. The molecule has 1 aliphatic heterocycles. The number of aliphatic hydroxyl groups is 1. The van der Waals surface area contributed by atoms with Gasteiger partial charge in [0.2, 0.25) is 5.88 Å². The van der Waals surface area contributed by atoms with Gasteiger partial charge in [0.1, 0.15) is 17.5 Å². The Bertz CT molecular complexity index is 1300. The molecular formula is C31H34FN3O3. The van der Waals surface area contributed by atoms with Gasteiger partial charge in [-0.2, -0.15) is 0 Å². The molecule has 7 heteroatoms. The Morgan fingerprint density at radius 2 is 1.95 bits per heavy atom. The maximum Gasteiger partial charge on any atom is 0.259 e. The summed E-state index contributed by atoms with van der Waals surface area (Å²) >= 11 is 0. The first-order chi connectivity index (χ1) is 18.3. The minimum absolute atomic E-state index is 0.0387. The van der Waals surface area contributed by atoms with Gasteiger partial charge < -0.3 is 14.7 Å². The van der Waals surface area contributed by atoms with Crippen LogP contribution in [0.2, 0.25) is 0 Å². The molecule has 1 aromatic heterocycles. The minimum atomic E-state index is -0.366. The van der Waals surface area contributed by atoms with Crippen molar-refractivity contribution in [2.75, 3.05) is 26.7 Å². The Kier molecular flexibility index (Phi) is 9.11. The van der Waals surface area contributed by atoms with Crippen molar-refractivity contribution >= 4 is 5.91 Å². The molecule has 1 amide bonds. The Hall–Kier alpha value is -3.73. The summed E-state index contributed by atoms with van der Waals surface area (Å²) in [5, 5.41) is 9.88. The van der Waals surface area contributed by atoms with Crippen LogP contribution in [-0.2, 0) is 13.0 Å². The Morgan fingerprint density at radius 3 is 2.68 bits per heavy atom. The lowest BCUT2D eigenvalue weighted by molar-refractivity contribution is 0.0325. The number of carbonyl (C=O) groups is 1. The molecule has 1 aliphatic rings. The van der Waals surface area contributed by atoms with E-state index in [1.54, 1.807) is 23.2 Å². The number of aliphatic hydroxyl groups excluding tert-OH is 1. The van der Waals surface area contributed by atoms with Crippen LogP contribution in [0.4, 0.5) is 4.39 Å². The molecule has 6 nitrogen and oxygen atoms in total. The number of aromatic nitrogens is 1. The quantitative estimate of drug-likeness (QED) is 0.479. The molecule has 4 rings (SSSR count). The van der Waals surface area contributed by atoms with Crippen LogP contribution in [0.1, 0.15) is 40.9 Å². The van der Waals surface area contributed by atoms with E-state index in [-0.39, 0.29) is 42.3 Å². The lowest BCUT2D eigenvalue weighted by Gasteiger charge is -2.37. The zero-order valence-corrected chi connectivity index (χ0v) is 22.1. The molecular weight excluding hydrogens is 481 g/mol. The van der Waals surface area contributed by atoms with Gasteiger partial charge in [0.15, 0.2) is 0 Å². The number of rotatable bonds is 7. The molecule has 3 atom stereocenters. The van der Waals surface area contributed by atoms with E-state index in [2.05, 4.69) is 21.7 Å². The molecule has 0 saturated carbocycles. The lowest BCUT2D eigenvalue weighted by Crippen LogP contribution is -2.49. The first-order valence-electron chi connectivity index (χ1n) is 12.9. The van der Waals surface area contributed by atoms with Crippen LogP contribution in [0.3, 0.4) is 0 Å². The molecule has 0 saturated heterocycles. The monoisotopic (exact) mass is 515 g/mol. The fraction of sp³-hybridized carbons (Fsp3) is 0.355. The average molecular weight is 516 g/mol. The van der Waals surface area contributed by atoms with Crippen molar-refractivity contribution in [3.63, 3.8) is 0 Å². The summed E-state index contributed by atoms with van der Waals surface area (Å²) in [7, 11) is 1.96. The van der Waals surface area contributed by atoms with E-state index < -0.39 is 0 Å². The van der Waals surface area contributed by atoms with Gasteiger partial charge in [-0.05, 0) is 43.3 Å². The van der Waals surface area contributed by atoms with E-state index in [1.165, 1.54) is 12.1 Å². The summed E-state index contributed by atoms with van der Waals surface area (Å²) in [4.78, 5) is 21.8. The van der Waals surface area contributed by atoms with Crippen LogP contribution < -0.4 is 4.74 Å². The Labute approximate surface area is 224 Å². The van der Waals surface area contributed by atoms with Crippen LogP contribution in [0.25, 0.3) is 0 Å². The van der Waals surface area contributed by atoms with Crippen molar-refractivity contribution < 1.29 is 19.0 Å². The third-order valence-corrected chi connectivity index (χ3v) is 6.72. The van der Waals surface area contributed by atoms with Gasteiger partial charge in [-0.15, -0.1) is 0 Å². The van der Waals surface area contributed by atoms with Gasteiger partial charge in [0.05, 0.1) is 12.6 Å². The number of benzene rings is 2. The van der Waals surface area contributed by atoms with Crippen LogP contribution in [-0.4, -0.2) is 64.7 Å². The highest BCUT2D eigenvalue weighted by atomic mass is 19.1. The number of ether oxygens (including phenoxy) is 1. The van der Waals surface area contributed by atoms with E-state index in [0.29, 0.717) is 37.2 Å². The highest BCUT2D eigenvalue weighted by Crippen LogP contribution is 2.27. The zero-order chi connectivity index (χ0) is 27.1. The number of hydrogen-bond donors (Lipinski definition) is 1. The largest absolute Gasteiger partial charge is 0.472 e. The van der Waals surface area contributed by atoms with Crippen LogP contribution in [0, 0.1) is 23.6 Å². The molecule has 0 fully saturated rings. The number of carbonyl (C=O) groups excluding carboxylic acids is 1. The molecule has 1 N–H and O–H groups in total. The average Bonchev–Trinajstić information content (AvgIpc) is 2.91. The molecule has 38 heavy (non-hydrogen) atoms. The summed E-state index contributed by atoms with van der Waals surface area (Å²) in [5.74, 6) is 5.99. The number of hydrogen-bond acceptors (Lipinski definition) is 5. The summed E-state index contributed by atoms with van der Waals surface area (Å²) in [6, 6.07) is 17.9. The van der Waals surface area contributed by atoms with Crippen molar-refractivity contribution in [1.29, 1.82) is 0 Å². The zero-order valence-electron chi connectivity index (χ0n) is 22.1. The van der Waals surface area contributed by atoms with Gasteiger partial charge in [-0.1, -0.05) is 61.2 Å². The molecule has 0 aliphatic carbocycles. The van der Waals surface area contributed by atoms with E-state index in [1.807, 2.05) is 57.3 Å². The van der Waals surface area contributed by atoms with E-state index in [4.69, 9.17) is 4.74 Å². The molecule has 0 radical (unpaired) electrons. The van der Waals surface area contributed by atoms with E-state index in [9.17, 15) is 14.3 Å². The lowest BCUT2D eigenvalue weighted by atomic mass is 9.99. The standard InChI is InChI=1S/C31H34FN3O3/c1-22-18-35(23(2)21-36)31(37)28-16-25(12-7-11-24-9-5-4-6-10-24)17-33-30(28)38-29(22)20-34(3)19-26-13-8-14-27(32)15-26/h4-6,8-10,13-17,22-23,29,36H,11,18-21H2,1-3H3/t22-,23-,29+/m1/s1. The fourth-order valence-electron chi connectivity index (χ4n) is 4.55. The molecule has 0 spiro atoms. The maximum absolute atomic E-state index is 13.7. The number of halogens is 1. The number of nitrogens with zero attached hydrogens (tertiary/aromatic N) is 3. The first-order valence-corrected chi connectivity index (χ1v) is 12.9. The van der Waals surface area contributed by atoms with Crippen LogP contribution in [0.15, 0.2) is 66.9 Å². The second kappa shape index (κ2) is 12.7. The Balaban J connectivity index is 1.58. The normalized spacial score (nSPS) is 18.1. The summed E-state index contributed by atoms with van der Waals surface area (Å²) in [6.45, 7) is 5.22. The summed E-state index contributed by atoms with van der Waals surface area (Å²) < 4.78 is 20.0. The fourth-order valence-corrected chi connectivity index (χ4v) is 4.55. The van der Waals surface area contributed by atoms with E-state index in [0.717, 1.165) is 11.1 Å². The molecule has 3 aromatic rings. The van der Waals surface area contributed by atoms with Gasteiger partial charge >= 0.3 is 0 Å². The first kappa shape index (κ1) is 27.3. The molecule has 0 unspecified atom stereocenters. The van der Waals surface area contributed by atoms with Crippen molar-refractivity contribution in [2.45, 2.75) is 39.0 Å². The molecule has 198 valence electrons. The van der Waals surface area contributed by atoms with E-state index >= 15 is 0 Å². The van der Waals surface area contributed by atoms with Crippen LogP contribution in [0.5, 0.6) is 5.88 Å². The second-order valence-electron chi connectivity index (χ2n) is 9.99. The molecule has 2 heterocycles. The van der Waals surface area contributed by atoms with Crippen molar-refractivity contribution in [3.8, 4) is 17.7 Å². The Morgan fingerprint density at radius 1 is 1.18 bits per heavy atom. The van der Waals surface area contributed by atoms with Gasteiger partial charge in [-0.3, -0.25) is 9.69 Å². The topological polar surface area (TPSA) is 65.9 Å². The van der Waals surface area contributed by atoms with Crippen molar-refractivity contribution in [3.05, 3.63) is 94.9 Å². The number of likely N-dealkylation sites (N-methyl/N-ethyl adjacent to an activating group) is 1. The highest BCUT2D eigenvalue weighted by Gasteiger charge is 2.34. The third kappa shape index (κ3) is 6.97. The summed E-state index contributed by atoms with van der Waals surface area (Å²) in [5.41, 5.74) is 2.94. The number of amides is 1. The maximum atomic E-state index is 13.7. The smallest absolute Gasteiger partial charge is 0.259 e. The van der Waals surface area contributed by atoms with Gasteiger partial charge in [-0.25, -0.2) is 9.37 Å². The third-order valence-electron chi connectivity index (χ3n) is 6.72. The van der Waals surface area contributed by atoms with Crippen LogP contribution >= 0.6 is 0 Å². The predicted molar refractivity (Wildman–Crippen MR) is 145 cm³/mol. The van der Waals surface area contributed by atoms with Crippen molar-refractivity contribution in [2.24, 2.45) is 5.92 Å². The predicted octanol–water partition coefficient (Wildman–Crippen LogP) is 4.17. The molecule has 2 aromatic carbocycles. The number of pyridine rings is 1. The minimum Gasteiger partial charge on any atom is -0.472 e. The van der Waals surface area contributed by atoms with Gasteiger partial charge in [0, 0.05) is 43.7 Å². The second-order valence-corrected chi connectivity index (χ2v) is 9.99. The number of fused-ring (bicyclic) bond motifs is 1. The summed E-state index contributed by atoms with van der Waals surface area (Å²) in [6.07, 6.45) is 1.94. The van der Waals surface area contributed by atoms with Crippen molar-refractivity contribution in [1.82, 2.24) is 14.8 Å². The molecule has 0 bridgehead atoms. The SMILES string of the molecule is C[C@@H]1CN([C@H](C)CO)C(=O)c2cc(C#CCc3ccccc3)cnc2O[C@H]1CN(C)Cc1cccc(F)c1. The van der Waals surface area contributed by atoms with Gasteiger partial charge in [0.25, 0.3) is 5.91 Å².